The largest absolute Gasteiger partial charge is 0.378 e. The summed E-state index contributed by atoms with van der Waals surface area (Å²) in [7, 11) is 0. The Bertz CT molecular complexity index is 153. The Morgan fingerprint density at radius 2 is 2.00 bits per heavy atom. The van der Waals surface area contributed by atoms with Crippen LogP contribution in [0.4, 0.5) is 0 Å². The molecule has 1 saturated heterocycles. The highest BCUT2D eigenvalue weighted by molar-refractivity contribution is 5.08. The average molecular weight is 141 g/mol. The van der Waals surface area contributed by atoms with Gasteiger partial charge in [0, 0.05) is 11.5 Å². The molecule has 0 radical (unpaired) electrons. The lowest BCUT2D eigenvalue weighted by molar-refractivity contribution is 0.0876. The van der Waals surface area contributed by atoms with Gasteiger partial charge in [0.05, 0.1) is 0 Å². The first kappa shape index (κ1) is 6.62. The number of rotatable bonds is 0. The monoisotopic (exact) mass is 141 g/mol. The quantitative estimate of drug-likeness (QED) is 0.521. The van der Waals surface area contributed by atoms with E-state index in [1.54, 1.807) is 0 Å². The fourth-order valence-corrected chi connectivity index (χ4v) is 2.18. The van der Waals surface area contributed by atoms with E-state index in [0.717, 1.165) is 0 Å². The fraction of sp³-hybridized carbons (Fsp3) is 1.00. The highest BCUT2D eigenvalue weighted by Gasteiger charge is 2.58. The second kappa shape index (κ2) is 1.74. The van der Waals surface area contributed by atoms with E-state index in [-0.39, 0.29) is 11.6 Å². The Hall–Kier alpha value is -0.0800. The van der Waals surface area contributed by atoms with Gasteiger partial charge in [-0.05, 0) is 25.7 Å². The van der Waals surface area contributed by atoms with Crippen LogP contribution in [0.5, 0.6) is 0 Å². The Balaban J connectivity index is 2.19. The van der Waals surface area contributed by atoms with Crippen molar-refractivity contribution in [1.82, 2.24) is 5.32 Å². The molecule has 0 bridgehead atoms. The molecule has 2 heteroatoms. The van der Waals surface area contributed by atoms with Gasteiger partial charge in [0.15, 0.2) is 0 Å². The first-order chi connectivity index (χ1) is 4.67. The van der Waals surface area contributed by atoms with Gasteiger partial charge in [-0.3, -0.25) is 5.32 Å². The van der Waals surface area contributed by atoms with Gasteiger partial charge in [-0.15, -0.1) is 0 Å². The minimum Gasteiger partial charge on any atom is -0.378 e. The molecule has 1 heterocycles. The van der Waals surface area contributed by atoms with Crippen LogP contribution in [0.25, 0.3) is 0 Å². The minimum atomic E-state index is -0.225. The maximum absolute atomic E-state index is 9.55. The Labute approximate surface area is 61.6 Å². The van der Waals surface area contributed by atoms with Crippen molar-refractivity contribution in [2.24, 2.45) is 11.3 Å². The highest BCUT2D eigenvalue weighted by Crippen LogP contribution is 2.58. The summed E-state index contributed by atoms with van der Waals surface area (Å²) in [6.07, 6.45) is 2.21. The van der Waals surface area contributed by atoms with Gasteiger partial charge < -0.3 is 5.11 Å². The molecule has 0 aromatic heterocycles. The third-order valence-electron chi connectivity index (χ3n) is 3.45. The molecule has 1 aliphatic carbocycles. The highest BCUT2D eigenvalue weighted by atomic mass is 16.3. The van der Waals surface area contributed by atoms with Crippen LogP contribution in [0.15, 0.2) is 0 Å². The standard InChI is InChI=1S/C8H15NO/c1-5-6(2)9-7(10)8(5)3-4-8/h5-7,9-10H,3-4H2,1-2H3/t5-,6+,7-/m0/s1. The molecule has 58 valence electrons. The first-order valence-corrected chi connectivity index (χ1v) is 4.11. The van der Waals surface area contributed by atoms with Gasteiger partial charge in [0.1, 0.15) is 6.23 Å². The molecule has 2 aliphatic rings. The van der Waals surface area contributed by atoms with Crippen LogP contribution in [0, 0.1) is 11.3 Å². The van der Waals surface area contributed by atoms with Gasteiger partial charge >= 0.3 is 0 Å². The Morgan fingerprint density at radius 1 is 1.40 bits per heavy atom. The molecular weight excluding hydrogens is 126 g/mol. The van der Waals surface area contributed by atoms with Gasteiger partial charge in [0.2, 0.25) is 0 Å². The molecule has 1 aliphatic heterocycles. The summed E-state index contributed by atoms with van der Waals surface area (Å²) in [5, 5.41) is 12.7. The van der Waals surface area contributed by atoms with Crippen molar-refractivity contribution >= 4 is 0 Å². The zero-order chi connectivity index (χ0) is 7.35. The van der Waals surface area contributed by atoms with Crippen molar-refractivity contribution in [2.75, 3.05) is 0 Å². The summed E-state index contributed by atoms with van der Waals surface area (Å²) in [6.45, 7) is 4.39. The van der Waals surface area contributed by atoms with Crippen LogP contribution in [-0.2, 0) is 0 Å². The van der Waals surface area contributed by atoms with Crippen molar-refractivity contribution in [2.45, 2.75) is 39.0 Å². The van der Waals surface area contributed by atoms with Crippen LogP contribution < -0.4 is 5.32 Å². The van der Waals surface area contributed by atoms with Crippen LogP contribution >= 0.6 is 0 Å². The topological polar surface area (TPSA) is 32.3 Å². The molecule has 0 unspecified atom stereocenters. The van der Waals surface area contributed by atoms with Gasteiger partial charge in [-0.1, -0.05) is 6.92 Å². The predicted octanol–water partition coefficient (Wildman–Crippen LogP) is 0.713. The molecule has 2 fully saturated rings. The molecule has 10 heavy (non-hydrogen) atoms. The predicted molar refractivity (Wildman–Crippen MR) is 39.4 cm³/mol. The van der Waals surface area contributed by atoms with Crippen molar-refractivity contribution < 1.29 is 5.11 Å². The second-order valence-corrected chi connectivity index (χ2v) is 3.88. The van der Waals surface area contributed by atoms with E-state index in [1.165, 1.54) is 12.8 Å². The van der Waals surface area contributed by atoms with E-state index in [2.05, 4.69) is 19.2 Å². The molecular formula is C8H15NO. The molecule has 1 spiro atoms. The van der Waals surface area contributed by atoms with Gasteiger partial charge in [-0.25, -0.2) is 0 Å². The fourth-order valence-electron chi connectivity index (χ4n) is 2.18. The maximum Gasteiger partial charge on any atom is 0.111 e. The van der Waals surface area contributed by atoms with Gasteiger partial charge in [0.25, 0.3) is 0 Å². The molecule has 0 aromatic rings. The maximum atomic E-state index is 9.55. The van der Waals surface area contributed by atoms with E-state index in [4.69, 9.17) is 0 Å². The normalized spacial score (nSPS) is 50.1. The summed E-state index contributed by atoms with van der Waals surface area (Å²) in [6, 6.07) is 0.498. The van der Waals surface area contributed by atoms with E-state index in [1.807, 2.05) is 0 Å². The lowest BCUT2D eigenvalue weighted by Gasteiger charge is -2.15. The summed E-state index contributed by atoms with van der Waals surface area (Å²) in [5.41, 5.74) is 0.277. The van der Waals surface area contributed by atoms with Crippen molar-refractivity contribution in [1.29, 1.82) is 0 Å². The molecule has 3 atom stereocenters. The summed E-state index contributed by atoms with van der Waals surface area (Å²) in [4.78, 5) is 0. The first-order valence-electron chi connectivity index (χ1n) is 4.11. The minimum absolute atomic E-state index is 0.225. The number of nitrogens with one attached hydrogen (secondary N) is 1. The average Bonchev–Trinajstić information content (AvgIpc) is 2.61. The summed E-state index contributed by atoms with van der Waals surface area (Å²) < 4.78 is 0. The summed E-state index contributed by atoms with van der Waals surface area (Å²) in [5.74, 6) is 0.655. The van der Waals surface area contributed by atoms with Crippen LogP contribution in [-0.4, -0.2) is 17.4 Å². The van der Waals surface area contributed by atoms with Crippen LogP contribution in [0.1, 0.15) is 26.7 Å². The third kappa shape index (κ3) is 0.611. The zero-order valence-corrected chi connectivity index (χ0v) is 6.59. The molecule has 0 aromatic carbocycles. The smallest absolute Gasteiger partial charge is 0.111 e. The SMILES string of the molecule is C[C@H]1N[C@@H](O)C2(CC2)[C@H]1C. The lowest BCUT2D eigenvalue weighted by Crippen LogP contribution is -2.29. The van der Waals surface area contributed by atoms with Crippen molar-refractivity contribution in [3.63, 3.8) is 0 Å². The van der Waals surface area contributed by atoms with Gasteiger partial charge in [-0.2, -0.15) is 0 Å². The second-order valence-electron chi connectivity index (χ2n) is 3.88. The zero-order valence-electron chi connectivity index (χ0n) is 6.59. The molecule has 0 amide bonds. The van der Waals surface area contributed by atoms with E-state index in [0.29, 0.717) is 12.0 Å². The van der Waals surface area contributed by atoms with Crippen LogP contribution in [0.2, 0.25) is 0 Å². The van der Waals surface area contributed by atoms with Crippen LogP contribution in [0.3, 0.4) is 0 Å². The van der Waals surface area contributed by atoms with E-state index in [9.17, 15) is 5.11 Å². The number of hydrogen-bond donors (Lipinski definition) is 2. The molecule has 2 rings (SSSR count). The Kier molecular flexibility index (Phi) is 1.15. The van der Waals surface area contributed by atoms with E-state index >= 15 is 0 Å². The third-order valence-corrected chi connectivity index (χ3v) is 3.45. The molecule has 1 saturated carbocycles. The number of hydrogen-bond acceptors (Lipinski definition) is 2. The Morgan fingerprint density at radius 3 is 2.20 bits per heavy atom. The van der Waals surface area contributed by atoms with E-state index < -0.39 is 0 Å². The number of aliphatic hydroxyl groups is 1. The summed E-state index contributed by atoms with van der Waals surface area (Å²) >= 11 is 0. The van der Waals surface area contributed by atoms with Crippen molar-refractivity contribution in [3.05, 3.63) is 0 Å². The molecule has 2 nitrogen and oxygen atoms in total. The van der Waals surface area contributed by atoms with Crippen molar-refractivity contribution in [3.8, 4) is 0 Å². The molecule has 2 N–H and O–H groups in total. The lowest BCUT2D eigenvalue weighted by atomic mass is 9.89. The number of aliphatic hydroxyl groups excluding tert-OH is 1.